The topological polar surface area (TPSA) is 155 Å². The lowest BCUT2D eigenvalue weighted by atomic mass is 10.1. The monoisotopic (exact) mass is 714 g/mol. The number of benzene rings is 2. The number of nitrogens with one attached hydrogen (secondary N) is 2. The van der Waals surface area contributed by atoms with Crippen molar-refractivity contribution in [2.45, 2.75) is 51.0 Å². The highest BCUT2D eigenvalue weighted by Gasteiger charge is 2.58. The van der Waals surface area contributed by atoms with Crippen LogP contribution in [-0.2, 0) is 16.6 Å². The highest BCUT2D eigenvalue weighted by molar-refractivity contribution is 6.34. The summed E-state index contributed by atoms with van der Waals surface area (Å²) >= 11 is 6.44. The molecule has 4 amide bonds. The Balaban J connectivity index is 1.04. The van der Waals surface area contributed by atoms with E-state index in [-0.39, 0.29) is 75.9 Å². The number of aromatic nitrogens is 2. The summed E-state index contributed by atoms with van der Waals surface area (Å²) in [7, 11) is 2.71. The van der Waals surface area contributed by atoms with Crippen molar-refractivity contribution in [1.29, 1.82) is 0 Å². The Bertz CT molecular complexity index is 1870. The van der Waals surface area contributed by atoms with Gasteiger partial charge >= 0.3 is 6.09 Å². The highest BCUT2D eigenvalue weighted by atomic mass is 35.5. The number of rotatable bonds is 7. The summed E-state index contributed by atoms with van der Waals surface area (Å²) in [6, 6.07) is 6.00. The number of amides is 4. The fourth-order valence-electron chi connectivity index (χ4n) is 6.65. The van der Waals surface area contributed by atoms with E-state index in [2.05, 4.69) is 15.6 Å². The summed E-state index contributed by atoms with van der Waals surface area (Å²) in [4.78, 5) is 59.3. The fourth-order valence-corrected chi connectivity index (χ4v) is 6.92. The average Bonchev–Trinajstić information content (AvgIpc) is 3.43. The van der Waals surface area contributed by atoms with Gasteiger partial charge in [0.05, 0.1) is 42.2 Å². The van der Waals surface area contributed by atoms with Gasteiger partial charge < -0.3 is 34.7 Å². The maximum atomic E-state index is 14.7. The number of aliphatic hydroxyl groups excluding tert-OH is 1. The fraction of sp³-hybridized carbons (Fsp3) is 0.441. The van der Waals surface area contributed by atoms with E-state index < -0.39 is 47.3 Å². The van der Waals surface area contributed by atoms with Crippen LogP contribution >= 0.6 is 11.6 Å². The van der Waals surface area contributed by atoms with Gasteiger partial charge in [0.25, 0.3) is 11.8 Å². The zero-order valence-corrected chi connectivity index (χ0v) is 28.8. The molecule has 0 radical (unpaired) electrons. The first-order valence-corrected chi connectivity index (χ1v) is 16.4. The lowest BCUT2D eigenvalue weighted by Gasteiger charge is -2.30. The van der Waals surface area contributed by atoms with Crippen molar-refractivity contribution in [1.82, 2.24) is 24.7 Å². The van der Waals surface area contributed by atoms with Crippen molar-refractivity contribution in [2.24, 2.45) is 18.9 Å². The van der Waals surface area contributed by atoms with Crippen LogP contribution < -0.4 is 15.4 Å². The summed E-state index contributed by atoms with van der Waals surface area (Å²) in [5, 5.41) is 15.9. The number of fused-ring (bicyclic) bond motifs is 1. The molecular formula is C34H37ClF2N6O7. The van der Waals surface area contributed by atoms with E-state index in [1.165, 1.54) is 60.2 Å². The van der Waals surface area contributed by atoms with Crippen molar-refractivity contribution in [3.8, 4) is 17.0 Å². The zero-order valence-electron chi connectivity index (χ0n) is 28.0. The molecule has 2 saturated heterocycles. The number of imidazole rings is 1. The quantitative estimate of drug-likeness (QED) is 0.334. The first-order valence-electron chi connectivity index (χ1n) is 16.0. The van der Waals surface area contributed by atoms with Crippen LogP contribution in [0.25, 0.3) is 11.3 Å². The number of β-amino-alcohol motifs (C(OH)–C–C–N with tert-alkyl or cyclic N) is 1. The van der Waals surface area contributed by atoms with Gasteiger partial charge in [-0.2, -0.15) is 4.39 Å². The number of hydrogen-bond donors (Lipinski definition) is 3. The molecule has 1 aromatic heterocycles. The minimum Gasteiger partial charge on any atom is -0.494 e. The molecule has 2 aliphatic heterocycles. The molecule has 1 unspecified atom stereocenters. The van der Waals surface area contributed by atoms with Crippen LogP contribution in [0.5, 0.6) is 5.75 Å². The number of aliphatic hydroxyl groups is 1. The number of halogens is 3. The van der Waals surface area contributed by atoms with E-state index in [1.807, 2.05) is 0 Å². The van der Waals surface area contributed by atoms with Crippen molar-refractivity contribution in [2.75, 3.05) is 32.1 Å². The number of ether oxygens (including phenoxy) is 2. The van der Waals surface area contributed by atoms with Crippen molar-refractivity contribution in [3.63, 3.8) is 0 Å². The van der Waals surface area contributed by atoms with Gasteiger partial charge in [-0.15, -0.1) is 0 Å². The van der Waals surface area contributed by atoms with Crippen LogP contribution in [0.2, 0.25) is 5.02 Å². The Labute approximate surface area is 291 Å². The molecule has 3 aliphatic rings. The molecule has 13 nitrogen and oxygen atoms in total. The van der Waals surface area contributed by atoms with Crippen LogP contribution in [-0.4, -0.2) is 98.8 Å². The van der Waals surface area contributed by atoms with E-state index in [4.69, 9.17) is 21.1 Å². The minimum absolute atomic E-state index is 0.0198. The molecule has 1 aliphatic carbocycles. The third-order valence-electron chi connectivity index (χ3n) is 9.20. The molecule has 1 saturated carbocycles. The number of hydrogen-bond acceptors (Lipinski definition) is 8. The Morgan fingerprint density at radius 1 is 1.02 bits per heavy atom. The lowest BCUT2D eigenvalue weighted by molar-refractivity contribution is -0.135. The summed E-state index contributed by atoms with van der Waals surface area (Å²) in [6.07, 6.45) is -0.0858. The largest absolute Gasteiger partial charge is 0.494 e. The molecule has 3 N–H and O–H groups in total. The molecule has 266 valence electrons. The van der Waals surface area contributed by atoms with Crippen LogP contribution in [0.3, 0.4) is 0 Å². The third kappa shape index (κ3) is 6.71. The van der Waals surface area contributed by atoms with E-state index in [1.54, 1.807) is 25.7 Å². The number of likely N-dealkylation sites (tertiary alicyclic amines) is 2. The Hall–Kier alpha value is -4.76. The predicted octanol–water partition coefficient (Wildman–Crippen LogP) is 3.84. The van der Waals surface area contributed by atoms with E-state index in [0.29, 0.717) is 13.1 Å². The smallest absolute Gasteiger partial charge is 0.411 e. The number of carbonyl (C=O) groups excluding carboxylic acids is 4. The highest BCUT2D eigenvalue weighted by Crippen LogP contribution is 2.46. The molecule has 3 heterocycles. The summed E-state index contributed by atoms with van der Waals surface area (Å²) in [5.41, 5.74) is -0.222. The molecule has 3 fully saturated rings. The first kappa shape index (κ1) is 35.1. The van der Waals surface area contributed by atoms with Gasteiger partial charge in [-0.1, -0.05) is 11.6 Å². The molecular weight excluding hydrogens is 678 g/mol. The molecule has 2 aromatic carbocycles. The number of carbonyl (C=O) groups is 4. The van der Waals surface area contributed by atoms with E-state index >= 15 is 0 Å². The number of nitrogens with zero attached hydrogens (tertiary/aromatic N) is 4. The lowest BCUT2D eigenvalue weighted by Crippen LogP contribution is -2.49. The Kier molecular flexibility index (Phi) is 9.24. The van der Waals surface area contributed by atoms with Gasteiger partial charge in [0.2, 0.25) is 11.7 Å². The normalized spacial score (nSPS) is 22.6. The molecule has 3 aromatic rings. The SMILES string of the molecule is COc1ccc(-c2cnc(C(=O)Nc3ccc(C(=O)NC4[C@H]5CN(C(=O)[C@@H]6C[C@@H](O)CN6C(=O)OC(C)(C)C)C[C@@H]45)c(Cl)c3)n2C)c(F)c1F. The Morgan fingerprint density at radius 3 is 2.36 bits per heavy atom. The third-order valence-corrected chi connectivity index (χ3v) is 9.51. The van der Waals surface area contributed by atoms with Crippen molar-refractivity contribution >= 4 is 41.1 Å². The van der Waals surface area contributed by atoms with Gasteiger partial charge in [-0.25, -0.2) is 14.2 Å². The maximum absolute atomic E-state index is 14.7. The summed E-state index contributed by atoms with van der Waals surface area (Å²) in [6.45, 7) is 6.02. The van der Waals surface area contributed by atoms with E-state index in [9.17, 15) is 33.1 Å². The summed E-state index contributed by atoms with van der Waals surface area (Å²) < 4.78 is 40.5. The van der Waals surface area contributed by atoms with Crippen LogP contribution in [0.1, 0.15) is 48.2 Å². The van der Waals surface area contributed by atoms with Gasteiger partial charge in [0.1, 0.15) is 11.6 Å². The zero-order chi connectivity index (χ0) is 36.2. The second-order valence-corrected chi connectivity index (χ2v) is 14.1. The van der Waals surface area contributed by atoms with Crippen LogP contribution in [0.15, 0.2) is 36.5 Å². The number of anilines is 1. The van der Waals surface area contributed by atoms with Gasteiger partial charge in [-0.05, 0) is 51.1 Å². The molecule has 0 bridgehead atoms. The predicted molar refractivity (Wildman–Crippen MR) is 177 cm³/mol. The number of piperidine rings is 1. The van der Waals surface area contributed by atoms with Gasteiger partial charge in [0, 0.05) is 55.7 Å². The van der Waals surface area contributed by atoms with E-state index in [0.717, 1.165) is 0 Å². The molecule has 5 atom stereocenters. The number of methoxy groups -OCH3 is 1. The Morgan fingerprint density at radius 2 is 1.72 bits per heavy atom. The molecule has 16 heteroatoms. The van der Waals surface area contributed by atoms with Gasteiger partial charge in [-0.3, -0.25) is 19.3 Å². The molecule has 0 spiro atoms. The standard InChI is InChI=1S/C34H37ClF2N6O7/c1-34(2,3)50-33(48)43-13-17(44)11-23(43)32(47)42-14-20-21(15-42)28(20)40-30(45)18-7-6-16(10-22(18)35)39-31(46)29-38-12-24(41(29)4)19-8-9-25(49-5)27(37)26(19)36/h6-10,12,17,20-21,23,28,44H,11,13-15H2,1-5H3,(H,39,46)(H,40,45)/t17-,20-,21+,23+,28?/m1/s1. The second-order valence-electron chi connectivity index (χ2n) is 13.7. The summed E-state index contributed by atoms with van der Waals surface area (Å²) in [5.74, 6) is -3.88. The van der Waals surface area contributed by atoms with Crippen molar-refractivity contribution < 1.29 is 42.5 Å². The van der Waals surface area contributed by atoms with Gasteiger partial charge in [0.15, 0.2) is 17.4 Å². The molecule has 50 heavy (non-hydrogen) atoms. The second kappa shape index (κ2) is 13.2. The maximum Gasteiger partial charge on any atom is 0.411 e. The van der Waals surface area contributed by atoms with Crippen LogP contribution in [0, 0.1) is 23.5 Å². The average molecular weight is 715 g/mol. The van der Waals surface area contributed by atoms with Crippen molar-refractivity contribution in [3.05, 3.63) is 64.6 Å². The van der Waals surface area contributed by atoms with Crippen LogP contribution in [0.4, 0.5) is 19.3 Å². The minimum atomic E-state index is -1.16. The molecule has 6 rings (SSSR count). The first-order chi connectivity index (χ1) is 23.6.